The van der Waals surface area contributed by atoms with Gasteiger partial charge in [0.1, 0.15) is 5.82 Å². The van der Waals surface area contributed by atoms with E-state index in [-0.39, 0.29) is 10.9 Å². The highest BCUT2D eigenvalue weighted by atomic mass is 32.1. The lowest BCUT2D eigenvalue weighted by Crippen LogP contribution is -2.20. The molecule has 0 bridgehead atoms. The minimum Gasteiger partial charge on any atom is -0.477 e. The molecule has 0 spiro atoms. The molecule has 1 amide bonds. The van der Waals surface area contributed by atoms with Gasteiger partial charge in [0, 0.05) is 23.1 Å². The Morgan fingerprint density at radius 2 is 1.96 bits per heavy atom. The fourth-order valence-corrected chi connectivity index (χ4v) is 2.91. The molecule has 0 atom stereocenters. The summed E-state index contributed by atoms with van der Waals surface area (Å²) >= 11 is 1.03. The minimum atomic E-state index is -1.03. The number of halogens is 3. The van der Waals surface area contributed by atoms with Crippen LogP contribution in [0.4, 0.5) is 24.0 Å². The smallest absolute Gasteiger partial charge is 0.311 e. The summed E-state index contributed by atoms with van der Waals surface area (Å²) in [5, 5.41) is 15.0. The Hall–Kier alpha value is -3.47. The fourth-order valence-electron chi connectivity index (χ4n) is 2.17. The molecule has 0 fully saturated rings. The predicted octanol–water partition coefficient (Wildman–Crippen LogP) is 4.15. The molecule has 0 radical (unpaired) electrons. The van der Waals surface area contributed by atoms with Crippen molar-refractivity contribution in [3.63, 3.8) is 0 Å². The van der Waals surface area contributed by atoms with Gasteiger partial charge in [-0.3, -0.25) is 20.2 Å². The Morgan fingerprint density at radius 3 is 2.68 bits per heavy atom. The summed E-state index contributed by atoms with van der Waals surface area (Å²) in [6.45, 7) is -0.621. The number of amides is 1. The molecule has 0 aliphatic carbocycles. The largest absolute Gasteiger partial charge is 0.477 e. The van der Waals surface area contributed by atoms with Crippen LogP contribution in [0.5, 0.6) is 5.75 Å². The Kier molecular flexibility index (Phi) is 5.54. The molecule has 1 N–H and O–H groups in total. The van der Waals surface area contributed by atoms with Crippen LogP contribution in [0, 0.1) is 27.6 Å². The first kappa shape index (κ1) is 19.3. The number of anilines is 1. The molecule has 3 aromatic rings. The maximum Gasteiger partial charge on any atom is 0.311 e. The van der Waals surface area contributed by atoms with Gasteiger partial charge < -0.3 is 4.74 Å². The van der Waals surface area contributed by atoms with Crippen LogP contribution >= 0.6 is 11.3 Å². The molecule has 0 saturated carbocycles. The second-order valence-electron chi connectivity index (χ2n) is 5.37. The molecule has 1 aromatic heterocycles. The molecule has 0 aliphatic heterocycles. The van der Waals surface area contributed by atoms with Gasteiger partial charge in [-0.1, -0.05) is 0 Å². The molecule has 1 heterocycles. The molecule has 0 saturated heterocycles. The molecule has 0 aliphatic rings. The SMILES string of the molecule is O=C(COc1cc(F)ccc1[N+](=O)[O-])Nc1nc(-c2ccc(F)c(F)c2)cs1. The van der Waals surface area contributed by atoms with E-state index in [1.54, 1.807) is 0 Å². The van der Waals surface area contributed by atoms with Crippen LogP contribution in [-0.4, -0.2) is 22.4 Å². The molecule has 2 aromatic carbocycles. The third-order valence-corrected chi connectivity index (χ3v) is 4.20. The Bertz CT molecular complexity index is 1060. The van der Waals surface area contributed by atoms with Crippen molar-refractivity contribution < 1.29 is 27.6 Å². The summed E-state index contributed by atoms with van der Waals surface area (Å²) in [5.74, 6) is -3.85. The average Bonchev–Trinajstić information content (AvgIpc) is 3.10. The quantitative estimate of drug-likeness (QED) is 0.488. The van der Waals surface area contributed by atoms with Crippen LogP contribution in [0.2, 0.25) is 0 Å². The number of rotatable bonds is 6. The lowest BCUT2D eigenvalue weighted by molar-refractivity contribution is -0.385. The minimum absolute atomic E-state index is 0.155. The van der Waals surface area contributed by atoms with Gasteiger partial charge >= 0.3 is 5.69 Å². The highest BCUT2D eigenvalue weighted by Crippen LogP contribution is 2.28. The van der Waals surface area contributed by atoms with Gasteiger partial charge in [0.15, 0.2) is 23.4 Å². The monoisotopic (exact) mass is 409 g/mol. The number of nitro benzene ring substituents is 1. The van der Waals surface area contributed by atoms with Crippen LogP contribution in [0.25, 0.3) is 11.3 Å². The van der Waals surface area contributed by atoms with E-state index >= 15 is 0 Å². The van der Waals surface area contributed by atoms with Crippen molar-refractivity contribution in [3.8, 4) is 17.0 Å². The van der Waals surface area contributed by atoms with Crippen molar-refractivity contribution in [1.82, 2.24) is 4.98 Å². The predicted molar refractivity (Wildman–Crippen MR) is 94.6 cm³/mol. The number of hydrogen-bond acceptors (Lipinski definition) is 6. The van der Waals surface area contributed by atoms with Crippen molar-refractivity contribution in [3.05, 3.63) is 69.3 Å². The highest BCUT2D eigenvalue weighted by molar-refractivity contribution is 7.14. The van der Waals surface area contributed by atoms with E-state index in [1.165, 1.54) is 11.4 Å². The number of ether oxygens (including phenoxy) is 1. The number of nitro groups is 1. The second kappa shape index (κ2) is 8.05. The summed E-state index contributed by atoms with van der Waals surface area (Å²) in [7, 11) is 0. The maximum atomic E-state index is 13.3. The normalized spacial score (nSPS) is 10.5. The maximum absolute atomic E-state index is 13.3. The molecule has 3 rings (SSSR count). The van der Waals surface area contributed by atoms with Gasteiger partial charge in [-0.2, -0.15) is 0 Å². The van der Waals surface area contributed by atoms with Crippen molar-refractivity contribution in [2.45, 2.75) is 0 Å². The van der Waals surface area contributed by atoms with E-state index in [0.717, 1.165) is 41.7 Å². The second-order valence-corrected chi connectivity index (χ2v) is 6.23. The van der Waals surface area contributed by atoms with Crippen LogP contribution in [0.1, 0.15) is 0 Å². The van der Waals surface area contributed by atoms with Gasteiger partial charge in [-0.15, -0.1) is 11.3 Å². The number of aromatic nitrogens is 1. The zero-order valence-corrected chi connectivity index (χ0v) is 14.6. The van der Waals surface area contributed by atoms with Gasteiger partial charge in [0.05, 0.1) is 10.6 Å². The van der Waals surface area contributed by atoms with Crippen molar-refractivity contribution in [1.29, 1.82) is 0 Å². The first-order chi connectivity index (χ1) is 13.3. The van der Waals surface area contributed by atoms with E-state index in [1.807, 2.05) is 0 Å². The van der Waals surface area contributed by atoms with E-state index in [9.17, 15) is 28.1 Å². The summed E-state index contributed by atoms with van der Waals surface area (Å²) in [6.07, 6.45) is 0. The third kappa shape index (κ3) is 4.43. The number of nitrogens with one attached hydrogen (secondary N) is 1. The van der Waals surface area contributed by atoms with Crippen LogP contribution in [0.3, 0.4) is 0 Å². The molecular formula is C17H10F3N3O4S. The van der Waals surface area contributed by atoms with E-state index < -0.39 is 40.6 Å². The molecule has 7 nitrogen and oxygen atoms in total. The first-order valence-corrected chi connectivity index (χ1v) is 8.49. The molecule has 144 valence electrons. The number of hydrogen-bond donors (Lipinski definition) is 1. The van der Waals surface area contributed by atoms with Gasteiger partial charge in [0.2, 0.25) is 5.75 Å². The Morgan fingerprint density at radius 1 is 1.18 bits per heavy atom. The zero-order valence-electron chi connectivity index (χ0n) is 13.8. The molecule has 11 heteroatoms. The summed E-state index contributed by atoms with van der Waals surface area (Å²) in [4.78, 5) is 26.2. The van der Waals surface area contributed by atoms with Crippen molar-refractivity contribution >= 4 is 28.1 Å². The molecule has 28 heavy (non-hydrogen) atoms. The first-order valence-electron chi connectivity index (χ1n) is 7.61. The lowest BCUT2D eigenvalue weighted by Gasteiger charge is -2.06. The zero-order chi connectivity index (χ0) is 20.3. The standard InChI is InChI=1S/C17H10F3N3O4S/c18-10-2-4-14(23(25)26)15(6-10)27-7-16(24)22-17-21-13(8-28-17)9-1-3-11(19)12(20)5-9/h1-6,8H,7H2,(H,21,22,24). The summed E-state index contributed by atoms with van der Waals surface area (Å²) in [6, 6.07) is 5.91. The van der Waals surface area contributed by atoms with Crippen molar-refractivity contribution in [2.24, 2.45) is 0 Å². The highest BCUT2D eigenvalue weighted by Gasteiger charge is 2.17. The van der Waals surface area contributed by atoms with Gasteiger partial charge in [-0.25, -0.2) is 18.2 Å². The van der Waals surface area contributed by atoms with Crippen LogP contribution in [0.15, 0.2) is 41.8 Å². The summed E-state index contributed by atoms with van der Waals surface area (Å²) in [5.41, 5.74) is 0.159. The average molecular weight is 409 g/mol. The van der Waals surface area contributed by atoms with Crippen LogP contribution in [-0.2, 0) is 4.79 Å². The van der Waals surface area contributed by atoms with E-state index in [2.05, 4.69) is 10.3 Å². The Labute approximate surface area is 159 Å². The number of thiazole rings is 1. The third-order valence-electron chi connectivity index (χ3n) is 3.44. The van der Waals surface area contributed by atoms with Gasteiger partial charge in [0.25, 0.3) is 5.91 Å². The molecule has 0 unspecified atom stereocenters. The topological polar surface area (TPSA) is 94.4 Å². The van der Waals surface area contributed by atoms with E-state index in [4.69, 9.17) is 4.74 Å². The number of carbonyl (C=O) groups excluding carboxylic acids is 1. The van der Waals surface area contributed by atoms with Crippen LogP contribution < -0.4 is 10.1 Å². The molecular weight excluding hydrogens is 399 g/mol. The number of nitrogens with zero attached hydrogens (tertiary/aromatic N) is 2. The fraction of sp³-hybridized carbons (Fsp3) is 0.0588. The Balaban J connectivity index is 1.65. The van der Waals surface area contributed by atoms with Gasteiger partial charge in [-0.05, 0) is 24.3 Å². The number of benzene rings is 2. The van der Waals surface area contributed by atoms with E-state index in [0.29, 0.717) is 11.3 Å². The van der Waals surface area contributed by atoms with Crippen molar-refractivity contribution in [2.75, 3.05) is 11.9 Å². The lowest BCUT2D eigenvalue weighted by atomic mass is 10.2. The number of carbonyl (C=O) groups is 1. The summed E-state index contributed by atoms with van der Waals surface area (Å²) < 4.78 is 44.6.